The predicted molar refractivity (Wildman–Crippen MR) is 88.4 cm³/mol. The van der Waals surface area contributed by atoms with E-state index < -0.39 is 0 Å². The third kappa shape index (κ3) is 3.75. The van der Waals surface area contributed by atoms with E-state index in [0.29, 0.717) is 10.9 Å². The molecule has 3 rings (SSSR count). The monoisotopic (exact) mass is 341 g/mol. The van der Waals surface area contributed by atoms with Gasteiger partial charge >= 0.3 is 0 Å². The van der Waals surface area contributed by atoms with Crippen LogP contribution in [0.4, 0.5) is 0 Å². The molecule has 0 spiro atoms. The second-order valence-electron chi connectivity index (χ2n) is 5.45. The Kier molecular flexibility index (Phi) is 4.79. The molecule has 2 aromatic rings. The van der Waals surface area contributed by atoms with Gasteiger partial charge in [-0.15, -0.1) is 21.5 Å². The third-order valence-electron chi connectivity index (χ3n) is 3.89. The largest absolute Gasteiger partial charge is 0.299 e. The molecule has 0 saturated carbocycles. The van der Waals surface area contributed by atoms with Gasteiger partial charge in [-0.05, 0) is 50.6 Å². The molecule has 1 aliphatic heterocycles. The molecule has 1 aromatic carbocycles. The van der Waals surface area contributed by atoms with Crippen molar-refractivity contribution in [3.05, 3.63) is 43.8 Å². The van der Waals surface area contributed by atoms with Crippen LogP contribution in [-0.4, -0.2) is 28.2 Å². The van der Waals surface area contributed by atoms with Crippen LogP contribution in [0.1, 0.15) is 34.3 Å². The smallest absolute Gasteiger partial charge is 0.120 e. The van der Waals surface area contributed by atoms with Crippen molar-refractivity contribution >= 4 is 34.5 Å². The Morgan fingerprint density at radius 2 is 2.00 bits per heavy atom. The van der Waals surface area contributed by atoms with Crippen molar-refractivity contribution < 1.29 is 0 Å². The number of benzene rings is 1. The van der Waals surface area contributed by atoms with Crippen molar-refractivity contribution in [2.24, 2.45) is 0 Å². The number of nitrogens with zero attached hydrogens (tertiary/aromatic N) is 3. The SMILES string of the molecule is Cc1nnc(C2CCN(Cc3ccc(Cl)cc3Cl)CC2)s1. The fourth-order valence-electron chi connectivity index (χ4n) is 2.71. The predicted octanol–water partition coefficient (Wildman–Crippen LogP) is 4.53. The standard InChI is InChI=1S/C15H17Cl2N3S/c1-10-18-19-15(21-10)11-4-6-20(7-5-11)9-12-2-3-13(16)8-14(12)17/h2-3,8,11H,4-7,9H2,1H3. The molecule has 0 aliphatic carbocycles. The number of rotatable bonds is 3. The summed E-state index contributed by atoms with van der Waals surface area (Å²) < 4.78 is 0. The van der Waals surface area contributed by atoms with Crippen LogP contribution in [-0.2, 0) is 6.54 Å². The van der Waals surface area contributed by atoms with Crippen LogP contribution in [0.3, 0.4) is 0 Å². The zero-order valence-corrected chi connectivity index (χ0v) is 14.2. The van der Waals surface area contributed by atoms with E-state index in [4.69, 9.17) is 23.2 Å². The Morgan fingerprint density at radius 3 is 2.62 bits per heavy atom. The van der Waals surface area contributed by atoms with Gasteiger partial charge < -0.3 is 0 Å². The lowest BCUT2D eigenvalue weighted by molar-refractivity contribution is 0.204. The van der Waals surface area contributed by atoms with Crippen molar-refractivity contribution in [2.45, 2.75) is 32.2 Å². The molecule has 6 heteroatoms. The molecule has 1 saturated heterocycles. The van der Waals surface area contributed by atoms with Crippen LogP contribution >= 0.6 is 34.5 Å². The molecule has 112 valence electrons. The van der Waals surface area contributed by atoms with E-state index in [2.05, 4.69) is 15.1 Å². The van der Waals surface area contributed by atoms with Crippen molar-refractivity contribution in [1.29, 1.82) is 0 Å². The molecule has 0 atom stereocenters. The summed E-state index contributed by atoms with van der Waals surface area (Å²) in [5, 5.41) is 12.1. The van der Waals surface area contributed by atoms with Gasteiger partial charge in [-0.1, -0.05) is 29.3 Å². The maximum Gasteiger partial charge on any atom is 0.120 e. The average Bonchev–Trinajstić information content (AvgIpc) is 2.89. The van der Waals surface area contributed by atoms with Gasteiger partial charge in [0.25, 0.3) is 0 Å². The summed E-state index contributed by atoms with van der Waals surface area (Å²) >= 11 is 13.9. The van der Waals surface area contributed by atoms with Crippen molar-refractivity contribution in [3.8, 4) is 0 Å². The molecule has 0 bridgehead atoms. The number of likely N-dealkylation sites (tertiary alicyclic amines) is 1. The quantitative estimate of drug-likeness (QED) is 0.820. The fourth-order valence-corrected chi connectivity index (χ4v) is 4.04. The molecule has 0 amide bonds. The summed E-state index contributed by atoms with van der Waals surface area (Å²) in [7, 11) is 0. The van der Waals surface area contributed by atoms with Gasteiger partial charge in [0.1, 0.15) is 10.0 Å². The van der Waals surface area contributed by atoms with E-state index >= 15 is 0 Å². The van der Waals surface area contributed by atoms with E-state index in [0.717, 1.165) is 48.1 Å². The fraction of sp³-hybridized carbons (Fsp3) is 0.467. The van der Waals surface area contributed by atoms with Gasteiger partial charge in [-0.2, -0.15) is 0 Å². The van der Waals surface area contributed by atoms with Gasteiger partial charge in [0, 0.05) is 22.5 Å². The second-order valence-corrected chi connectivity index (χ2v) is 7.50. The molecule has 0 N–H and O–H groups in total. The Labute approximate surface area is 138 Å². The zero-order valence-electron chi connectivity index (χ0n) is 11.9. The molecule has 3 nitrogen and oxygen atoms in total. The molecule has 1 fully saturated rings. The van der Waals surface area contributed by atoms with Crippen LogP contribution in [0.5, 0.6) is 0 Å². The van der Waals surface area contributed by atoms with E-state index in [1.165, 1.54) is 5.01 Å². The summed E-state index contributed by atoms with van der Waals surface area (Å²) in [6, 6.07) is 5.74. The zero-order chi connectivity index (χ0) is 14.8. The molecule has 0 radical (unpaired) electrons. The molecule has 1 aromatic heterocycles. The molecule has 21 heavy (non-hydrogen) atoms. The highest BCUT2D eigenvalue weighted by Crippen LogP contribution is 2.31. The minimum Gasteiger partial charge on any atom is -0.299 e. The first-order chi connectivity index (χ1) is 10.1. The van der Waals surface area contributed by atoms with E-state index in [9.17, 15) is 0 Å². The normalized spacial score (nSPS) is 17.3. The van der Waals surface area contributed by atoms with Crippen molar-refractivity contribution in [2.75, 3.05) is 13.1 Å². The number of aryl methyl sites for hydroxylation is 1. The minimum atomic E-state index is 0.563. The van der Waals surface area contributed by atoms with Crippen LogP contribution in [0.15, 0.2) is 18.2 Å². The maximum atomic E-state index is 6.25. The summed E-state index contributed by atoms with van der Waals surface area (Å²) in [4.78, 5) is 2.44. The maximum absolute atomic E-state index is 6.25. The van der Waals surface area contributed by atoms with Crippen LogP contribution < -0.4 is 0 Å². The summed E-state index contributed by atoms with van der Waals surface area (Å²) in [6.45, 7) is 5.04. The number of hydrogen-bond donors (Lipinski definition) is 0. The summed E-state index contributed by atoms with van der Waals surface area (Å²) in [5.74, 6) is 0.563. The number of aromatic nitrogens is 2. The number of piperidine rings is 1. The highest BCUT2D eigenvalue weighted by Gasteiger charge is 2.23. The first-order valence-corrected chi connectivity index (χ1v) is 8.65. The van der Waals surface area contributed by atoms with Crippen molar-refractivity contribution in [1.82, 2.24) is 15.1 Å². The van der Waals surface area contributed by atoms with Gasteiger partial charge in [0.05, 0.1) is 0 Å². The van der Waals surface area contributed by atoms with Crippen LogP contribution in [0, 0.1) is 6.92 Å². The number of halogens is 2. The molecular formula is C15H17Cl2N3S. The summed E-state index contributed by atoms with van der Waals surface area (Å²) in [5.41, 5.74) is 1.14. The Bertz CT molecular complexity index is 621. The molecule has 0 unspecified atom stereocenters. The van der Waals surface area contributed by atoms with E-state index in [1.807, 2.05) is 25.1 Å². The lowest BCUT2D eigenvalue weighted by Gasteiger charge is -2.31. The first-order valence-electron chi connectivity index (χ1n) is 7.08. The number of hydrogen-bond acceptors (Lipinski definition) is 4. The van der Waals surface area contributed by atoms with Gasteiger partial charge in [-0.25, -0.2) is 0 Å². The lowest BCUT2D eigenvalue weighted by Crippen LogP contribution is -2.32. The van der Waals surface area contributed by atoms with E-state index in [1.54, 1.807) is 11.3 Å². The molecule has 2 heterocycles. The summed E-state index contributed by atoms with van der Waals surface area (Å²) in [6.07, 6.45) is 2.28. The van der Waals surface area contributed by atoms with Crippen LogP contribution in [0.25, 0.3) is 0 Å². The average molecular weight is 342 g/mol. The van der Waals surface area contributed by atoms with E-state index in [-0.39, 0.29) is 0 Å². The van der Waals surface area contributed by atoms with Gasteiger partial charge in [-0.3, -0.25) is 4.90 Å². The molecular weight excluding hydrogens is 325 g/mol. The molecule has 1 aliphatic rings. The highest BCUT2D eigenvalue weighted by atomic mass is 35.5. The van der Waals surface area contributed by atoms with Crippen LogP contribution in [0.2, 0.25) is 10.0 Å². The Balaban J connectivity index is 1.58. The third-order valence-corrected chi connectivity index (χ3v) is 5.48. The van der Waals surface area contributed by atoms with Gasteiger partial charge in [0.2, 0.25) is 0 Å². The topological polar surface area (TPSA) is 29.0 Å². The Hall–Kier alpha value is -0.680. The van der Waals surface area contributed by atoms with Gasteiger partial charge in [0.15, 0.2) is 0 Å². The first kappa shape index (κ1) is 15.2. The minimum absolute atomic E-state index is 0.563. The second kappa shape index (κ2) is 6.61. The van der Waals surface area contributed by atoms with Crippen molar-refractivity contribution in [3.63, 3.8) is 0 Å². The lowest BCUT2D eigenvalue weighted by atomic mass is 9.97. The Morgan fingerprint density at radius 1 is 1.24 bits per heavy atom. The highest BCUT2D eigenvalue weighted by molar-refractivity contribution is 7.11.